The van der Waals surface area contributed by atoms with Gasteiger partial charge in [-0.05, 0) is 47.8 Å². The first-order valence-electron chi connectivity index (χ1n) is 9.62. The Hall–Kier alpha value is -2.67. The average Bonchev–Trinajstić information content (AvgIpc) is 3.33. The maximum atomic E-state index is 9.01. The van der Waals surface area contributed by atoms with Crippen molar-refractivity contribution in [3.05, 3.63) is 75.4 Å². The van der Waals surface area contributed by atoms with Crippen LogP contribution in [0.3, 0.4) is 0 Å². The number of rotatable bonds is 7. The molecule has 0 saturated carbocycles. The van der Waals surface area contributed by atoms with E-state index in [1.54, 1.807) is 23.3 Å². The van der Waals surface area contributed by atoms with Crippen LogP contribution in [0.2, 0.25) is 10.0 Å². The number of aromatic nitrogens is 5. The first-order chi connectivity index (χ1) is 14.5. The number of aromatic amines is 1. The van der Waals surface area contributed by atoms with Gasteiger partial charge in [0, 0.05) is 29.5 Å². The molecule has 4 rings (SSSR count). The second-order valence-electron chi connectivity index (χ2n) is 7.20. The van der Waals surface area contributed by atoms with E-state index in [1.807, 2.05) is 24.4 Å². The van der Waals surface area contributed by atoms with Gasteiger partial charge in [0.1, 0.15) is 0 Å². The third-order valence-corrected chi connectivity index (χ3v) is 5.60. The normalized spacial score (nSPS) is 12.8. The van der Waals surface area contributed by atoms with Crippen molar-refractivity contribution in [3.63, 3.8) is 0 Å². The molecule has 2 N–H and O–H groups in total. The van der Waals surface area contributed by atoms with Crippen LogP contribution in [0.5, 0.6) is 0 Å². The second-order valence-corrected chi connectivity index (χ2v) is 8.02. The summed E-state index contributed by atoms with van der Waals surface area (Å²) in [6.07, 6.45) is 11.6. The highest BCUT2D eigenvalue weighted by molar-refractivity contribution is 6.35. The molecule has 8 heteroatoms. The number of nitrogens with one attached hydrogen (secondary N) is 1. The van der Waals surface area contributed by atoms with E-state index in [-0.39, 0.29) is 12.5 Å². The summed E-state index contributed by atoms with van der Waals surface area (Å²) < 4.78 is 1.71. The summed E-state index contributed by atoms with van der Waals surface area (Å²) in [7, 11) is 0. The summed E-state index contributed by atoms with van der Waals surface area (Å²) >= 11 is 12.6. The van der Waals surface area contributed by atoms with E-state index in [0.29, 0.717) is 16.6 Å². The molecule has 0 saturated heterocycles. The first kappa shape index (κ1) is 20.6. The number of hydrogen-bond acceptors (Lipinski definition) is 4. The molecule has 0 unspecified atom stereocenters. The van der Waals surface area contributed by atoms with Crippen molar-refractivity contribution >= 4 is 46.3 Å². The molecule has 0 bridgehead atoms. The predicted molar refractivity (Wildman–Crippen MR) is 121 cm³/mol. The summed E-state index contributed by atoms with van der Waals surface area (Å²) in [6.45, 7) is 2.65. The smallest absolute Gasteiger partial charge is 0.0927 e. The molecule has 154 valence electrons. The zero-order valence-corrected chi connectivity index (χ0v) is 17.9. The van der Waals surface area contributed by atoms with E-state index < -0.39 is 0 Å². The van der Waals surface area contributed by atoms with Crippen molar-refractivity contribution < 1.29 is 5.11 Å². The summed E-state index contributed by atoms with van der Waals surface area (Å²) in [5.41, 5.74) is 4.87. The third-order valence-electron chi connectivity index (χ3n) is 5.00. The highest BCUT2D eigenvalue weighted by Crippen LogP contribution is 2.33. The Balaban J connectivity index is 1.57. The predicted octanol–water partition coefficient (Wildman–Crippen LogP) is 4.97. The van der Waals surface area contributed by atoms with E-state index in [9.17, 15) is 0 Å². The minimum Gasteiger partial charge on any atom is -0.394 e. The van der Waals surface area contributed by atoms with Gasteiger partial charge in [-0.1, -0.05) is 36.2 Å². The average molecular weight is 442 g/mol. The third kappa shape index (κ3) is 4.41. The van der Waals surface area contributed by atoms with Crippen molar-refractivity contribution in [2.75, 3.05) is 6.61 Å². The fourth-order valence-corrected chi connectivity index (χ4v) is 4.29. The van der Waals surface area contributed by atoms with Gasteiger partial charge in [0.05, 0.1) is 40.6 Å². The van der Waals surface area contributed by atoms with Crippen LogP contribution in [0.25, 0.3) is 23.1 Å². The number of fused-ring (bicyclic) bond motifs is 1. The quantitative estimate of drug-likeness (QED) is 0.424. The van der Waals surface area contributed by atoms with Crippen molar-refractivity contribution in [1.29, 1.82) is 0 Å². The van der Waals surface area contributed by atoms with Crippen molar-refractivity contribution in [3.8, 4) is 0 Å². The number of H-pyrrole nitrogens is 1. The van der Waals surface area contributed by atoms with Crippen molar-refractivity contribution in [1.82, 2.24) is 25.0 Å². The number of nitrogens with zero attached hydrogens (tertiary/aromatic N) is 4. The Bertz CT molecular complexity index is 1180. The molecule has 4 aromatic rings. The molecule has 3 aromatic heterocycles. The lowest BCUT2D eigenvalue weighted by Gasteiger charge is -2.15. The number of pyridine rings is 1. The van der Waals surface area contributed by atoms with Crippen molar-refractivity contribution in [2.45, 2.75) is 25.8 Å². The van der Waals surface area contributed by atoms with Gasteiger partial charge in [-0.3, -0.25) is 14.8 Å². The molecule has 1 atom stereocenters. The highest BCUT2D eigenvalue weighted by atomic mass is 35.5. The van der Waals surface area contributed by atoms with Gasteiger partial charge in [-0.15, -0.1) is 0 Å². The molecule has 3 heterocycles. The van der Waals surface area contributed by atoms with Gasteiger partial charge >= 0.3 is 0 Å². The van der Waals surface area contributed by atoms with Gasteiger partial charge in [-0.2, -0.15) is 10.2 Å². The molecule has 1 aromatic carbocycles. The molecule has 0 amide bonds. The topological polar surface area (TPSA) is 79.6 Å². The monoisotopic (exact) mass is 441 g/mol. The summed E-state index contributed by atoms with van der Waals surface area (Å²) in [5, 5.41) is 22.9. The Labute approximate surface area is 184 Å². The van der Waals surface area contributed by atoms with Crippen LogP contribution in [-0.2, 0) is 13.0 Å². The Kier molecular flexibility index (Phi) is 6.18. The fraction of sp³-hybridized carbons (Fsp3) is 0.227. The number of hydrogen-bond donors (Lipinski definition) is 2. The lowest BCUT2D eigenvalue weighted by Crippen LogP contribution is -2.01. The largest absolute Gasteiger partial charge is 0.394 e. The Morgan fingerprint density at radius 2 is 1.97 bits per heavy atom. The number of benzene rings is 1. The zero-order valence-electron chi connectivity index (χ0n) is 16.4. The Morgan fingerprint density at radius 1 is 1.17 bits per heavy atom. The standard InChI is InChI=1S/C22H21Cl2N5O/c1-14(22-18(23)11-25-12-19(22)24)8-15-2-4-20-17(9-15)21(28-27-20)5-3-16-10-26-29(13-16)6-7-30/h2-5,9-14,30H,6-8H2,1H3,(H,27,28)/b5-3+/t14-/m0/s1. The molecule has 0 spiro atoms. The molecule has 0 aliphatic heterocycles. The minimum absolute atomic E-state index is 0.0615. The number of aliphatic hydroxyl groups excluding tert-OH is 1. The maximum absolute atomic E-state index is 9.01. The number of halogens is 2. The molecule has 0 radical (unpaired) electrons. The van der Waals surface area contributed by atoms with Crippen LogP contribution in [0.1, 0.15) is 35.2 Å². The van der Waals surface area contributed by atoms with E-state index in [2.05, 4.69) is 39.3 Å². The lowest BCUT2D eigenvalue weighted by atomic mass is 9.93. The minimum atomic E-state index is 0.0615. The van der Waals surface area contributed by atoms with Crippen LogP contribution in [-0.4, -0.2) is 36.7 Å². The molecule has 0 fully saturated rings. The zero-order chi connectivity index (χ0) is 21.1. The summed E-state index contributed by atoms with van der Waals surface area (Å²) in [6, 6.07) is 6.27. The molecule has 30 heavy (non-hydrogen) atoms. The van der Waals surface area contributed by atoms with Crippen LogP contribution in [0.4, 0.5) is 0 Å². The van der Waals surface area contributed by atoms with Crippen LogP contribution < -0.4 is 0 Å². The van der Waals surface area contributed by atoms with Gasteiger partial charge in [0.25, 0.3) is 0 Å². The SMILES string of the molecule is C[C@@H](Cc1ccc2[nH]nc(/C=C/c3cnn(CCO)c3)c2c1)c1c(Cl)cncc1Cl. The van der Waals surface area contributed by atoms with Crippen LogP contribution in [0, 0.1) is 0 Å². The van der Waals surface area contributed by atoms with Crippen molar-refractivity contribution in [2.24, 2.45) is 0 Å². The molecular formula is C22H21Cl2N5O. The maximum Gasteiger partial charge on any atom is 0.0927 e. The number of aliphatic hydroxyl groups is 1. The second kappa shape index (κ2) is 9.00. The molecule has 6 nitrogen and oxygen atoms in total. The highest BCUT2D eigenvalue weighted by Gasteiger charge is 2.15. The van der Waals surface area contributed by atoms with E-state index >= 15 is 0 Å². The van der Waals surface area contributed by atoms with Crippen LogP contribution in [0.15, 0.2) is 43.0 Å². The van der Waals surface area contributed by atoms with Gasteiger partial charge in [0.2, 0.25) is 0 Å². The molecule has 0 aliphatic carbocycles. The van der Waals surface area contributed by atoms with E-state index in [4.69, 9.17) is 28.3 Å². The van der Waals surface area contributed by atoms with E-state index in [0.717, 1.165) is 34.1 Å². The van der Waals surface area contributed by atoms with Crippen LogP contribution >= 0.6 is 23.2 Å². The summed E-state index contributed by atoms with van der Waals surface area (Å²) in [5.74, 6) is 0.147. The Morgan fingerprint density at radius 3 is 2.73 bits per heavy atom. The van der Waals surface area contributed by atoms with Gasteiger partial charge in [0.15, 0.2) is 0 Å². The summed E-state index contributed by atoms with van der Waals surface area (Å²) in [4.78, 5) is 4.03. The lowest BCUT2D eigenvalue weighted by molar-refractivity contribution is 0.269. The van der Waals surface area contributed by atoms with E-state index in [1.165, 1.54) is 5.56 Å². The molecule has 0 aliphatic rings. The first-order valence-corrected chi connectivity index (χ1v) is 10.4. The molecular weight excluding hydrogens is 421 g/mol. The van der Waals surface area contributed by atoms with Gasteiger partial charge in [-0.25, -0.2) is 0 Å². The fourth-order valence-electron chi connectivity index (χ4n) is 3.55. The van der Waals surface area contributed by atoms with Gasteiger partial charge < -0.3 is 5.11 Å².